The highest BCUT2D eigenvalue weighted by Gasteiger charge is 2.33. The number of rotatable bonds is 23. The van der Waals surface area contributed by atoms with Gasteiger partial charge in [-0.25, -0.2) is 4.79 Å². The monoisotopic (exact) mass is 757 g/mol. The van der Waals surface area contributed by atoms with Gasteiger partial charge in [-0.3, -0.25) is 29.0 Å². The highest BCUT2D eigenvalue weighted by Crippen LogP contribution is 2.27. The van der Waals surface area contributed by atoms with Gasteiger partial charge in [0.2, 0.25) is 29.5 Å². The number of carbonyl (C=O) groups excluding carboxylic acids is 5. The number of carboxylic acids is 1. The van der Waals surface area contributed by atoms with Crippen LogP contribution in [0.25, 0.3) is 0 Å². The van der Waals surface area contributed by atoms with Crippen molar-refractivity contribution in [1.82, 2.24) is 26.6 Å². The molecule has 2 rings (SSSR count). The van der Waals surface area contributed by atoms with E-state index in [4.69, 9.17) is 17.2 Å². The highest BCUT2D eigenvalue weighted by molar-refractivity contribution is 5.95. The second-order valence-electron chi connectivity index (χ2n) is 14.8. The molecule has 1 fully saturated rings. The second kappa shape index (κ2) is 23.8. The van der Waals surface area contributed by atoms with Crippen LogP contribution in [0.1, 0.15) is 97.5 Å². The molecule has 0 bridgehead atoms. The first-order valence-corrected chi connectivity index (χ1v) is 19.2. The zero-order chi connectivity index (χ0) is 40.2. The number of amides is 5. The van der Waals surface area contributed by atoms with E-state index in [9.17, 15) is 33.9 Å². The van der Waals surface area contributed by atoms with Crippen molar-refractivity contribution >= 4 is 41.5 Å². The van der Waals surface area contributed by atoms with Gasteiger partial charge in [0, 0.05) is 6.54 Å². The van der Waals surface area contributed by atoms with Crippen molar-refractivity contribution in [2.75, 3.05) is 13.1 Å². The third kappa shape index (κ3) is 16.9. The molecular weight excluding hydrogens is 694 g/mol. The van der Waals surface area contributed by atoms with E-state index in [1.54, 1.807) is 6.92 Å². The molecule has 16 nitrogen and oxygen atoms in total. The van der Waals surface area contributed by atoms with Crippen LogP contribution in [0.3, 0.4) is 0 Å². The zero-order valence-electron chi connectivity index (χ0n) is 32.3. The van der Waals surface area contributed by atoms with Crippen molar-refractivity contribution in [2.24, 2.45) is 39.9 Å². The first-order chi connectivity index (χ1) is 25.6. The molecule has 0 heterocycles. The average Bonchev–Trinajstić information content (AvgIpc) is 3.13. The lowest BCUT2D eigenvalue weighted by atomic mass is 9.84. The summed E-state index contributed by atoms with van der Waals surface area (Å²) in [6.07, 6.45) is 6.84. The van der Waals surface area contributed by atoms with E-state index in [1.165, 1.54) is 0 Å². The third-order valence-corrected chi connectivity index (χ3v) is 9.70. The summed E-state index contributed by atoms with van der Waals surface area (Å²) >= 11 is 0. The number of aliphatic imine (C=N–C) groups is 1. The molecule has 0 unspecified atom stereocenters. The number of hydrogen-bond acceptors (Lipinski definition) is 8. The van der Waals surface area contributed by atoms with Crippen LogP contribution in [-0.2, 0) is 35.2 Å². The van der Waals surface area contributed by atoms with E-state index in [1.807, 2.05) is 51.1 Å². The van der Waals surface area contributed by atoms with Crippen LogP contribution in [0, 0.1) is 17.8 Å². The van der Waals surface area contributed by atoms with E-state index < -0.39 is 72.3 Å². The summed E-state index contributed by atoms with van der Waals surface area (Å²) in [6, 6.07) is 4.20. The molecule has 0 saturated heterocycles. The molecule has 302 valence electrons. The number of carboxylic acid groups (broad SMARTS) is 1. The lowest BCUT2D eigenvalue weighted by molar-refractivity contribution is -0.142. The zero-order valence-corrected chi connectivity index (χ0v) is 32.3. The summed E-state index contributed by atoms with van der Waals surface area (Å²) in [6.45, 7) is 6.95. The minimum absolute atomic E-state index is 0.0218. The van der Waals surface area contributed by atoms with Gasteiger partial charge >= 0.3 is 5.97 Å². The van der Waals surface area contributed by atoms with E-state index in [0.717, 1.165) is 37.7 Å². The van der Waals surface area contributed by atoms with E-state index >= 15 is 0 Å². The molecule has 1 aliphatic rings. The summed E-state index contributed by atoms with van der Waals surface area (Å²) in [4.78, 5) is 82.6. The Morgan fingerprint density at radius 1 is 0.833 bits per heavy atom. The molecule has 5 amide bonds. The number of aliphatic carboxylic acids is 1. The molecule has 0 radical (unpaired) electrons. The van der Waals surface area contributed by atoms with Crippen molar-refractivity contribution in [2.45, 2.75) is 129 Å². The predicted octanol–water partition coefficient (Wildman–Crippen LogP) is 0.813. The van der Waals surface area contributed by atoms with Crippen LogP contribution < -0.4 is 43.8 Å². The molecule has 6 atom stereocenters. The molecule has 12 N–H and O–H groups in total. The SMILES string of the molecule is CC[C@H](C)[C@H](NC(=O)[C@H](CC1CCCCC1)NC(=O)[C@@H](N)Cc1ccccc1)C(=O)NCC(=O)N[C@@H](CCCN=C(N)N)C(=O)N[C@@H](CC(C)C)C(=O)O. The average molecular weight is 758 g/mol. The smallest absolute Gasteiger partial charge is 0.326 e. The maximum absolute atomic E-state index is 13.9. The van der Waals surface area contributed by atoms with Gasteiger partial charge in [-0.05, 0) is 55.4 Å². The Morgan fingerprint density at radius 2 is 1.46 bits per heavy atom. The van der Waals surface area contributed by atoms with Gasteiger partial charge in [0.25, 0.3) is 0 Å². The Hall–Kier alpha value is -4.73. The Kier molecular flexibility index (Phi) is 20.1. The molecule has 1 aromatic carbocycles. The maximum Gasteiger partial charge on any atom is 0.326 e. The first kappa shape index (κ1) is 45.4. The summed E-state index contributed by atoms with van der Waals surface area (Å²) in [7, 11) is 0. The van der Waals surface area contributed by atoms with Gasteiger partial charge in [-0.15, -0.1) is 0 Å². The summed E-state index contributed by atoms with van der Waals surface area (Å²) in [5.41, 5.74) is 17.9. The van der Waals surface area contributed by atoms with Crippen LogP contribution >= 0.6 is 0 Å². The molecule has 0 aromatic heterocycles. The Morgan fingerprint density at radius 3 is 2.06 bits per heavy atom. The first-order valence-electron chi connectivity index (χ1n) is 19.2. The minimum Gasteiger partial charge on any atom is -0.480 e. The Balaban J connectivity index is 2.14. The van der Waals surface area contributed by atoms with Crippen LogP contribution in [0.4, 0.5) is 0 Å². The fourth-order valence-electron chi connectivity index (χ4n) is 6.44. The minimum atomic E-state index is -1.20. The topological polar surface area (TPSA) is 273 Å². The predicted molar refractivity (Wildman–Crippen MR) is 207 cm³/mol. The van der Waals surface area contributed by atoms with Crippen LogP contribution in [0.15, 0.2) is 35.3 Å². The van der Waals surface area contributed by atoms with Gasteiger partial charge in [-0.1, -0.05) is 96.6 Å². The molecule has 1 aromatic rings. The van der Waals surface area contributed by atoms with Crippen molar-refractivity contribution in [3.05, 3.63) is 35.9 Å². The van der Waals surface area contributed by atoms with Crippen molar-refractivity contribution in [3.63, 3.8) is 0 Å². The number of hydrogen-bond donors (Lipinski definition) is 9. The van der Waals surface area contributed by atoms with Gasteiger partial charge in [0.1, 0.15) is 24.2 Å². The Labute approximate surface area is 319 Å². The number of nitrogens with zero attached hydrogens (tertiary/aromatic N) is 1. The van der Waals surface area contributed by atoms with E-state index in [-0.39, 0.29) is 43.1 Å². The van der Waals surface area contributed by atoms with E-state index in [2.05, 4.69) is 31.6 Å². The van der Waals surface area contributed by atoms with E-state index in [0.29, 0.717) is 25.7 Å². The van der Waals surface area contributed by atoms with Crippen molar-refractivity contribution < 1.29 is 33.9 Å². The largest absolute Gasteiger partial charge is 0.480 e. The lowest BCUT2D eigenvalue weighted by Crippen LogP contribution is -2.58. The molecule has 16 heteroatoms. The van der Waals surface area contributed by atoms with Crippen LogP contribution in [0.5, 0.6) is 0 Å². The fraction of sp³-hybridized carbons (Fsp3) is 0.658. The van der Waals surface area contributed by atoms with Crippen molar-refractivity contribution in [1.29, 1.82) is 0 Å². The molecular formula is C38H63N9O7. The molecule has 1 aliphatic carbocycles. The lowest BCUT2D eigenvalue weighted by Gasteiger charge is -2.30. The Bertz CT molecular complexity index is 1400. The third-order valence-electron chi connectivity index (χ3n) is 9.70. The van der Waals surface area contributed by atoms with Gasteiger partial charge < -0.3 is 48.9 Å². The number of nitrogens with two attached hydrogens (primary N) is 3. The summed E-state index contributed by atoms with van der Waals surface area (Å²) in [5, 5.41) is 22.9. The van der Waals surface area contributed by atoms with Crippen molar-refractivity contribution in [3.8, 4) is 0 Å². The normalized spacial score (nSPS) is 16.4. The molecule has 0 aliphatic heterocycles. The van der Waals surface area contributed by atoms with Crippen LogP contribution in [-0.4, -0.2) is 89.9 Å². The number of carbonyl (C=O) groups is 6. The molecule has 0 spiro atoms. The maximum atomic E-state index is 13.9. The quantitative estimate of drug-likeness (QED) is 0.0431. The number of guanidine groups is 1. The summed E-state index contributed by atoms with van der Waals surface area (Å²) < 4.78 is 0. The van der Waals surface area contributed by atoms with Gasteiger partial charge in [-0.2, -0.15) is 0 Å². The van der Waals surface area contributed by atoms with Gasteiger partial charge in [0.15, 0.2) is 5.96 Å². The molecule has 1 saturated carbocycles. The fourth-order valence-corrected chi connectivity index (χ4v) is 6.44. The second-order valence-corrected chi connectivity index (χ2v) is 14.8. The van der Waals surface area contributed by atoms with Gasteiger partial charge in [0.05, 0.1) is 12.6 Å². The van der Waals surface area contributed by atoms with Crippen LogP contribution in [0.2, 0.25) is 0 Å². The highest BCUT2D eigenvalue weighted by atomic mass is 16.4. The number of nitrogens with one attached hydrogen (secondary N) is 5. The standard InChI is InChI=1S/C38H63N9O7/c1-5-24(4)32(47-35(51)29(21-26-15-10-7-11-16-26)45-33(49)27(39)20-25-13-8-6-9-14-25)36(52)43-22-31(48)44-28(17-12-18-42-38(40)41)34(50)46-30(37(53)54)19-23(2)3/h6,8-9,13-14,23-24,26-30,32H,5,7,10-12,15-22,39H2,1-4H3,(H,43,52)(H,44,48)(H,45,49)(H,46,50)(H,47,51)(H,53,54)(H4,40,41,42)/t24-,27-,28-,29-,30-,32-/m0/s1. The number of benzene rings is 1. The summed E-state index contributed by atoms with van der Waals surface area (Å²) in [5.74, 6) is -4.49. The molecule has 54 heavy (non-hydrogen) atoms.